The molecule has 0 spiro atoms. The predicted molar refractivity (Wildman–Crippen MR) is 77.1 cm³/mol. The topological polar surface area (TPSA) is 35.5 Å². The number of carbonyl (C=O) groups is 1. The first-order valence-corrected chi connectivity index (χ1v) is 6.54. The highest BCUT2D eigenvalue weighted by Gasteiger charge is 2.09. The molecule has 0 saturated carbocycles. The Morgan fingerprint density at radius 2 is 1.83 bits per heavy atom. The van der Waals surface area contributed by atoms with Crippen molar-refractivity contribution in [2.24, 2.45) is 0 Å². The lowest BCUT2D eigenvalue weighted by Gasteiger charge is -2.10. The SMILES string of the molecule is C=C(C)COc1cccc(OC(C)=O)c1Br.CC. The Labute approximate surface area is 117 Å². The van der Waals surface area contributed by atoms with Crippen LogP contribution in [0.15, 0.2) is 34.8 Å². The van der Waals surface area contributed by atoms with E-state index in [2.05, 4.69) is 22.5 Å². The molecule has 0 fully saturated rings. The van der Waals surface area contributed by atoms with Crippen molar-refractivity contribution in [3.63, 3.8) is 0 Å². The second-order valence-electron chi connectivity index (χ2n) is 3.41. The molecule has 0 atom stereocenters. The Morgan fingerprint density at radius 3 is 2.33 bits per heavy atom. The summed E-state index contributed by atoms with van der Waals surface area (Å²) in [4.78, 5) is 10.8. The standard InChI is InChI=1S/C12H13BrO3.C2H6/c1-8(2)7-15-10-5-4-6-11(12(10)13)16-9(3)14;1-2/h4-6H,1,7H2,2-3H3;1-2H3. The van der Waals surface area contributed by atoms with E-state index >= 15 is 0 Å². The largest absolute Gasteiger partial charge is 0.488 e. The van der Waals surface area contributed by atoms with E-state index in [9.17, 15) is 4.79 Å². The van der Waals surface area contributed by atoms with Crippen LogP contribution in [0.4, 0.5) is 0 Å². The molecule has 0 aliphatic carbocycles. The molecular weight excluding hydrogens is 296 g/mol. The maximum Gasteiger partial charge on any atom is 0.308 e. The van der Waals surface area contributed by atoms with Gasteiger partial charge in [-0.05, 0) is 40.6 Å². The first kappa shape index (κ1) is 16.7. The summed E-state index contributed by atoms with van der Waals surface area (Å²) in [6.45, 7) is 11.4. The van der Waals surface area contributed by atoms with Gasteiger partial charge < -0.3 is 9.47 Å². The van der Waals surface area contributed by atoms with Gasteiger partial charge in [0.1, 0.15) is 22.6 Å². The fourth-order valence-electron chi connectivity index (χ4n) is 1.04. The van der Waals surface area contributed by atoms with Gasteiger partial charge in [0.25, 0.3) is 0 Å². The van der Waals surface area contributed by atoms with E-state index in [0.717, 1.165) is 5.57 Å². The predicted octanol–water partition coefficient (Wildman–Crippen LogP) is 4.36. The molecule has 0 radical (unpaired) electrons. The zero-order chi connectivity index (χ0) is 14.1. The average molecular weight is 315 g/mol. The first-order valence-electron chi connectivity index (χ1n) is 5.75. The minimum atomic E-state index is -0.363. The quantitative estimate of drug-likeness (QED) is 0.470. The molecule has 3 nitrogen and oxygen atoms in total. The summed E-state index contributed by atoms with van der Waals surface area (Å²) in [5.74, 6) is 0.714. The third-order valence-electron chi connectivity index (χ3n) is 1.66. The zero-order valence-electron chi connectivity index (χ0n) is 11.2. The van der Waals surface area contributed by atoms with Crippen LogP contribution in [0.25, 0.3) is 0 Å². The fourth-order valence-corrected chi connectivity index (χ4v) is 1.50. The van der Waals surface area contributed by atoms with E-state index in [1.54, 1.807) is 18.2 Å². The third-order valence-corrected chi connectivity index (χ3v) is 2.44. The molecule has 1 rings (SSSR count). The highest BCUT2D eigenvalue weighted by Crippen LogP contribution is 2.34. The molecule has 100 valence electrons. The normalized spacial score (nSPS) is 8.94. The number of hydrogen-bond acceptors (Lipinski definition) is 3. The number of rotatable bonds is 4. The van der Waals surface area contributed by atoms with Crippen LogP contribution in [0, 0.1) is 0 Å². The Bertz CT molecular complexity index is 414. The molecule has 4 heteroatoms. The molecule has 0 heterocycles. The Hall–Kier alpha value is -1.29. The maximum absolute atomic E-state index is 10.8. The van der Waals surface area contributed by atoms with Gasteiger partial charge in [-0.3, -0.25) is 4.79 Å². The van der Waals surface area contributed by atoms with E-state index in [0.29, 0.717) is 22.6 Å². The number of hydrogen-bond donors (Lipinski definition) is 0. The summed E-state index contributed by atoms with van der Waals surface area (Å²) < 4.78 is 11.1. The van der Waals surface area contributed by atoms with Crippen LogP contribution >= 0.6 is 15.9 Å². The van der Waals surface area contributed by atoms with Crippen molar-refractivity contribution in [1.82, 2.24) is 0 Å². The lowest BCUT2D eigenvalue weighted by atomic mass is 10.3. The molecule has 0 N–H and O–H groups in total. The molecule has 0 amide bonds. The van der Waals surface area contributed by atoms with Crippen molar-refractivity contribution in [2.75, 3.05) is 6.61 Å². The van der Waals surface area contributed by atoms with Gasteiger partial charge in [-0.1, -0.05) is 26.5 Å². The van der Waals surface area contributed by atoms with Gasteiger partial charge in [0.15, 0.2) is 0 Å². The van der Waals surface area contributed by atoms with Crippen molar-refractivity contribution >= 4 is 21.9 Å². The maximum atomic E-state index is 10.8. The van der Waals surface area contributed by atoms with Crippen LogP contribution in [0.5, 0.6) is 11.5 Å². The fraction of sp³-hybridized carbons (Fsp3) is 0.357. The van der Waals surface area contributed by atoms with Crippen molar-refractivity contribution in [3.05, 3.63) is 34.8 Å². The molecule has 0 unspecified atom stereocenters. The average Bonchev–Trinajstić information content (AvgIpc) is 2.32. The van der Waals surface area contributed by atoms with E-state index in [4.69, 9.17) is 9.47 Å². The third kappa shape index (κ3) is 5.87. The molecular formula is C14H19BrO3. The lowest BCUT2D eigenvalue weighted by molar-refractivity contribution is -0.131. The van der Waals surface area contributed by atoms with Crippen LogP contribution in [0.3, 0.4) is 0 Å². The molecule has 0 aliphatic rings. The van der Waals surface area contributed by atoms with Crippen molar-refractivity contribution in [2.45, 2.75) is 27.7 Å². The van der Waals surface area contributed by atoms with Crippen molar-refractivity contribution in [3.8, 4) is 11.5 Å². The molecule has 0 bridgehead atoms. The Morgan fingerprint density at radius 1 is 1.28 bits per heavy atom. The van der Waals surface area contributed by atoms with Crippen molar-refractivity contribution < 1.29 is 14.3 Å². The second-order valence-corrected chi connectivity index (χ2v) is 4.20. The summed E-state index contributed by atoms with van der Waals surface area (Å²) in [5.41, 5.74) is 0.921. The monoisotopic (exact) mass is 314 g/mol. The molecule has 18 heavy (non-hydrogen) atoms. The van der Waals surface area contributed by atoms with E-state index in [1.165, 1.54) is 6.92 Å². The van der Waals surface area contributed by atoms with Gasteiger partial charge in [-0.25, -0.2) is 0 Å². The van der Waals surface area contributed by atoms with E-state index in [1.807, 2.05) is 20.8 Å². The number of benzene rings is 1. The van der Waals surface area contributed by atoms with Crippen LogP contribution < -0.4 is 9.47 Å². The summed E-state index contributed by atoms with van der Waals surface area (Å²) in [6.07, 6.45) is 0. The van der Waals surface area contributed by atoms with E-state index in [-0.39, 0.29) is 5.97 Å². The van der Waals surface area contributed by atoms with Gasteiger partial charge >= 0.3 is 5.97 Å². The number of halogens is 1. The second kappa shape index (κ2) is 8.75. The smallest absolute Gasteiger partial charge is 0.308 e. The van der Waals surface area contributed by atoms with Gasteiger partial charge in [-0.15, -0.1) is 0 Å². The molecule has 1 aromatic rings. The highest BCUT2D eigenvalue weighted by atomic mass is 79.9. The summed E-state index contributed by atoms with van der Waals surface area (Å²) in [7, 11) is 0. The number of carbonyl (C=O) groups excluding carboxylic acids is 1. The van der Waals surface area contributed by atoms with Gasteiger partial charge in [0, 0.05) is 6.92 Å². The summed E-state index contributed by atoms with van der Waals surface area (Å²) in [5, 5.41) is 0. The first-order chi connectivity index (χ1) is 8.50. The highest BCUT2D eigenvalue weighted by molar-refractivity contribution is 9.10. The van der Waals surface area contributed by atoms with Gasteiger partial charge in [0.05, 0.1) is 0 Å². The minimum Gasteiger partial charge on any atom is -0.488 e. The summed E-state index contributed by atoms with van der Waals surface area (Å²) in [6, 6.07) is 5.25. The zero-order valence-corrected chi connectivity index (χ0v) is 12.8. The summed E-state index contributed by atoms with van der Waals surface area (Å²) >= 11 is 3.33. The van der Waals surface area contributed by atoms with Gasteiger partial charge in [0.2, 0.25) is 0 Å². The van der Waals surface area contributed by atoms with Crippen LogP contribution in [0.1, 0.15) is 27.7 Å². The lowest BCUT2D eigenvalue weighted by Crippen LogP contribution is -2.03. The van der Waals surface area contributed by atoms with E-state index < -0.39 is 0 Å². The van der Waals surface area contributed by atoms with Crippen LogP contribution in [0.2, 0.25) is 0 Å². The minimum absolute atomic E-state index is 0.363. The van der Waals surface area contributed by atoms with Crippen LogP contribution in [-0.4, -0.2) is 12.6 Å². The molecule has 0 aliphatic heterocycles. The van der Waals surface area contributed by atoms with Crippen LogP contribution in [-0.2, 0) is 4.79 Å². The number of ether oxygens (including phenoxy) is 2. The molecule has 1 aromatic carbocycles. The Kier molecular flexibility index (Phi) is 8.12. The van der Waals surface area contributed by atoms with Gasteiger partial charge in [-0.2, -0.15) is 0 Å². The van der Waals surface area contributed by atoms with Crippen molar-refractivity contribution in [1.29, 1.82) is 0 Å². The Balaban J connectivity index is 0.00000137. The number of esters is 1. The molecule has 0 aromatic heterocycles. The molecule has 0 saturated heterocycles.